The largest absolute Gasteiger partial charge is 0.306 e. The third-order valence-electron chi connectivity index (χ3n) is 5.15. The summed E-state index contributed by atoms with van der Waals surface area (Å²) in [5.74, 6) is -4.47. The number of alkyl halides is 4. The fourth-order valence-corrected chi connectivity index (χ4v) is 3.28. The van der Waals surface area contributed by atoms with Crippen LogP contribution in [0.1, 0.15) is 35.2 Å². The van der Waals surface area contributed by atoms with Crippen LogP contribution in [0.2, 0.25) is 0 Å². The van der Waals surface area contributed by atoms with E-state index >= 15 is 0 Å². The Morgan fingerprint density at radius 3 is 2.42 bits per heavy atom. The summed E-state index contributed by atoms with van der Waals surface area (Å²) >= 11 is 0. The zero-order valence-electron chi connectivity index (χ0n) is 15.4. The molecular weight excluding hydrogens is 430 g/mol. The highest BCUT2D eigenvalue weighted by molar-refractivity contribution is 6.07. The van der Waals surface area contributed by atoms with Crippen molar-refractivity contribution in [1.82, 2.24) is 14.5 Å². The van der Waals surface area contributed by atoms with Gasteiger partial charge in [-0.1, -0.05) is 12.1 Å². The maximum atomic E-state index is 14.6. The third kappa shape index (κ3) is 3.31. The SMILES string of the molecule is O=C(Nc1ncnc2c(F)c(=O)n(C3(C(F)F)CC3)cc12)c1cccc(C(F)F)c1F. The zero-order chi connectivity index (χ0) is 22.5. The fraction of sp³-hybridized carbons (Fsp3) is 0.263. The number of halogens is 6. The number of pyridine rings is 1. The van der Waals surface area contributed by atoms with Crippen LogP contribution in [0.4, 0.5) is 32.2 Å². The zero-order valence-corrected chi connectivity index (χ0v) is 15.4. The average molecular weight is 442 g/mol. The molecule has 12 heteroatoms. The van der Waals surface area contributed by atoms with E-state index < -0.39 is 64.0 Å². The highest BCUT2D eigenvalue weighted by Gasteiger charge is 2.54. The number of aromatic nitrogens is 3. The molecule has 0 aliphatic heterocycles. The van der Waals surface area contributed by atoms with Gasteiger partial charge in [-0.3, -0.25) is 9.59 Å². The topological polar surface area (TPSA) is 76.9 Å². The maximum absolute atomic E-state index is 14.6. The van der Waals surface area contributed by atoms with Crippen molar-refractivity contribution in [3.05, 3.63) is 63.8 Å². The van der Waals surface area contributed by atoms with Gasteiger partial charge in [0.1, 0.15) is 29.0 Å². The van der Waals surface area contributed by atoms with Gasteiger partial charge in [-0.15, -0.1) is 0 Å². The quantitative estimate of drug-likeness (QED) is 0.606. The van der Waals surface area contributed by atoms with Crippen LogP contribution in [-0.2, 0) is 5.54 Å². The summed E-state index contributed by atoms with van der Waals surface area (Å²) in [6, 6.07) is 2.81. The summed E-state index contributed by atoms with van der Waals surface area (Å²) in [5.41, 5.74) is -5.45. The van der Waals surface area contributed by atoms with Crippen LogP contribution in [-0.4, -0.2) is 26.9 Å². The molecule has 2 aromatic heterocycles. The van der Waals surface area contributed by atoms with Crippen molar-refractivity contribution in [2.24, 2.45) is 0 Å². The first-order valence-corrected chi connectivity index (χ1v) is 8.90. The lowest BCUT2D eigenvalue weighted by Crippen LogP contribution is -2.37. The molecule has 162 valence electrons. The molecule has 0 bridgehead atoms. The molecule has 31 heavy (non-hydrogen) atoms. The predicted molar refractivity (Wildman–Crippen MR) is 96.3 cm³/mol. The van der Waals surface area contributed by atoms with Gasteiger partial charge >= 0.3 is 0 Å². The summed E-state index contributed by atoms with van der Waals surface area (Å²) in [4.78, 5) is 32.1. The number of amides is 1. The van der Waals surface area contributed by atoms with Crippen LogP contribution < -0.4 is 10.9 Å². The van der Waals surface area contributed by atoms with Crippen molar-refractivity contribution in [2.45, 2.75) is 31.2 Å². The number of carbonyl (C=O) groups is 1. The third-order valence-corrected chi connectivity index (χ3v) is 5.15. The lowest BCUT2D eigenvalue weighted by molar-refractivity contribution is 0.0648. The number of nitrogens with one attached hydrogen (secondary N) is 1. The van der Waals surface area contributed by atoms with Gasteiger partial charge in [0.2, 0.25) is 5.82 Å². The molecule has 1 aromatic carbocycles. The Kier molecular flexibility index (Phi) is 4.94. The van der Waals surface area contributed by atoms with E-state index in [0.717, 1.165) is 30.7 Å². The van der Waals surface area contributed by atoms with E-state index in [1.165, 1.54) is 0 Å². The number of fused-ring (bicyclic) bond motifs is 1. The minimum Gasteiger partial charge on any atom is -0.306 e. The summed E-state index contributed by atoms with van der Waals surface area (Å²) in [6.45, 7) is 0. The van der Waals surface area contributed by atoms with E-state index in [1.54, 1.807) is 0 Å². The Morgan fingerprint density at radius 1 is 1.10 bits per heavy atom. The van der Waals surface area contributed by atoms with Crippen LogP contribution in [0.5, 0.6) is 0 Å². The normalized spacial score (nSPS) is 15.0. The molecule has 0 spiro atoms. The first kappa shape index (κ1) is 20.8. The Labute approximate surface area is 169 Å². The van der Waals surface area contributed by atoms with Crippen molar-refractivity contribution >= 4 is 22.6 Å². The van der Waals surface area contributed by atoms with Gasteiger partial charge in [0.15, 0.2) is 0 Å². The second-order valence-electron chi connectivity index (χ2n) is 6.97. The van der Waals surface area contributed by atoms with Gasteiger partial charge in [-0.2, -0.15) is 4.39 Å². The smallest absolute Gasteiger partial charge is 0.289 e. The molecule has 0 saturated heterocycles. The van der Waals surface area contributed by atoms with Gasteiger partial charge in [0.05, 0.1) is 16.5 Å². The maximum Gasteiger partial charge on any atom is 0.289 e. The molecule has 1 N–H and O–H groups in total. The van der Waals surface area contributed by atoms with E-state index in [4.69, 9.17) is 0 Å². The second-order valence-corrected chi connectivity index (χ2v) is 6.97. The Morgan fingerprint density at radius 2 is 1.81 bits per heavy atom. The molecule has 1 aliphatic carbocycles. The van der Waals surface area contributed by atoms with Gasteiger partial charge in [-0.25, -0.2) is 31.9 Å². The van der Waals surface area contributed by atoms with Crippen molar-refractivity contribution in [2.75, 3.05) is 5.32 Å². The standard InChI is InChI=1S/C19H12F6N4O2/c20-11-8(14(22)23)2-1-3-9(11)16(30)28-15-10-6-29(19(4-5-19)18(24)25)17(31)12(21)13(10)26-7-27-15/h1-3,6-7,14,18H,4-5H2,(H,26,27,28,30). The molecule has 3 aromatic rings. The molecule has 0 unspecified atom stereocenters. The minimum absolute atomic E-state index is 0.0590. The Balaban J connectivity index is 1.81. The van der Waals surface area contributed by atoms with Gasteiger partial charge < -0.3 is 9.88 Å². The number of rotatable bonds is 5. The van der Waals surface area contributed by atoms with E-state index in [9.17, 15) is 35.9 Å². The number of hydrogen-bond acceptors (Lipinski definition) is 4. The molecule has 1 fully saturated rings. The number of anilines is 1. The fourth-order valence-electron chi connectivity index (χ4n) is 3.28. The molecular formula is C19H12F6N4O2. The predicted octanol–water partition coefficient (Wildman–Crippen LogP) is 4.01. The summed E-state index contributed by atoms with van der Waals surface area (Å²) in [6.07, 6.45) is -4.53. The van der Waals surface area contributed by atoms with E-state index in [2.05, 4.69) is 15.3 Å². The van der Waals surface area contributed by atoms with Crippen LogP contribution in [0.15, 0.2) is 35.5 Å². The molecule has 6 nitrogen and oxygen atoms in total. The molecule has 1 amide bonds. The number of hydrogen-bond donors (Lipinski definition) is 1. The van der Waals surface area contributed by atoms with Crippen molar-refractivity contribution in [3.63, 3.8) is 0 Å². The van der Waals surface area contributed by atoms with E-state index in [0.29, 0.717) is 4.57 Å². The van der Waals surface area contributed by atoms with Crippen LogP contribution in [0.25, 0.3) is 10.9 Å². The summed E-state index contributed by atoms with van der Waals surface area (Å²) < 4.78 is 82.1. The van der Waals surface area contributed by atoms with Crippen molar-refractivity contribution in [1.29, 1.82) is 0 Å². The average Bonchev–Trinajstić information content (AvgIpc) is 3.53. The Bertz CT molecular complexity index is 1260. The van der Waals surface area contributed by atoms with Crippen LogP contribution in [0, 0.1) is 11.6 Å². The molecule has 0 radical (unpaired) electrons. The second kappa shape index (κ2) is 7.36. The molecule has 4 rings (SSSR count). The molecule has 1 saturated carbocycles. The van der Waals surface area contributed by atoms with Crippen molar-refractivity contribution in [3.8, 4) is 0 Å². The lowest BCUT2D eigenvalue weighted by Gasteiger charge is -2.19. The first-order valence-electron chi connectivity index (χ1n) is 8.90. The van der Waals surface area contributed by atoms with Gasteiger partial charge in [0.25, 0.3) is 24.3 Å². The lowest BCUT2D eigenvalue weighted by atomic mass is 10.1. The molecule has 1 aliphatic rings. The number of nitrogens with zero attached hydrogens (tertiary/aromatic N) is 3. The summed E-state index contributed by atoms with van der Waals surface area (Å²) in [5, 5.41) is 1.85. The van der Waals surface area contributed by atoms with Crippen molar-refractivity contribution < 1.29 is 31.1 Å². The number of benzene rings is 1. The molecule has 0 atom stereocenters. The highest BCUT2D eigenvalue weighted by atomic mass is 19.3. The van der Waals surface area contributed by atoms with E-state index in [1.807, 2.05) is 0 Å². The monoisotopic (exact) mass is 442 g/mol. The van der Waals surface area contributed by atoms with Gasteiger partial charge in [-0.05, 0) is 18.9 Å². The summed E-state index contributed by atoms with van der Waals surface area (Å²) in [7, 11) is 0. The van der Waals surface area contributed by atoms with Crippen LogP contribution in [0.3, 0.4) is 0 Å². The minimum atomic E-state index is -3.17. The Hall–Kier alpha value is -3.44. The highest BCUT2D eigenvalue weighted by Crippen LogP contribution is 2.48. The number of carbonyl (C=O) groups excluding carboxylic acids is 1. The van der Waals surface area contributed by atoms with Crippen LogP contribution >= 0.6 is 0 Å². The first-order chi connectivity index (χ1) is 14.7. The van der Waals surface area contributed by atoms with Gasteiger partial charge in [0, 0.05) is 6.20 Å². The molecule has 2 heterocycles. The van der Waals surface area contributed by atoms with E-state index in [-0.39, 0.29) is 18.2 Å².